The minimum absolute atomic E-state index is 0.122. The minimum Gasteiger partial charge on any atom is -0.329 e. The third-order valence-corrected chi connectivity index (χ3v) is 3.87. The topological polar surface area (TPSA) is 38.0 Å². The second-order valence-electron chi connectivity index (χ2n) is 4.54. The van der Waals surface area contributed by atoms with Crippen LogP contribution in [-0.4, -0.2) is 13.1 Å². The van der Waals surface area contributed by atoms with Gasteiger partial charge in [-0.15, -0.1) is 0 Å². The summed E-state index contributed by atoms with van der Waals surface area (Å²) in [5.74, 6) is 0.417. The summed E-state index contributed by atoms with van der Waals surface area (Å²) in [6.45, 7) is 5.62. The first-order valence-electron chi connectivity index (χ1n) is 6.50. The molecule has 0 fully saturated rings. The van der Waals surface area contributed by atoms with E-state index >= 15 is 0 Å². The molecule has 0 saturated heterocycles. The number of halogens is 2. The molecule has 0 bridgehead atoms. The van der Waals surface area contributed by atoms with Crippen LogP contribution in [0.25, 0.3) is 0 Å². The lowest BCUT2D eigenvalue weighted by Gasteiger charge is -2.21. The molecule has 0 heterocycles. The van der Waals surface area contributed by atoms with Crippen molar-refractivity contribution in [3.63, 3.8) is 0 Å². The first-order valence-corrected chi connectivity index (χ1v) is 7.30. The molecule has 4 heteroatoms. The van der Waals surface area contributed by atoms with E-state index in [-0.39, 0.29) is 11.9 Å². The van der Waals surface area contributed by atoms with Gasteiger partial charge < -0.3 is 11.1 Å². The van der Waals surface area contributed by atoms with Gasteiger partial charge in [-0.3, -0.25) is 0 Å². The van der Waals surface area contributed by atoms with Gasteiger partial charge in [-0.2, -0.15) is 0 Å². The Morgan fingerprint density at radius 1 is 1.33 bits per heavy atom. The molecule has 3 N–H and O–H groups in total. The molecule has 0 radical (unpaired) electrons. The maximum Gasteiger partial charge on any atom is 0.128 e. The van der Waals surface area contributed by atoms with E-state index in [0.717, 1.165) is 23.9 Å². The molecule has 0 spiro atoms. The average molecular weight is 317 g/mol. The Bertz CT molecular complexity index is 367. The summed E-state index contributed by atoms with van der Waals surface area (Å²) in [5, 5.41) is 3.37. The van der Waals surface area contributed by atoms with Crippen LogP contribution < -0.4 is 11.1 Å². The minimum atomic E-state index is -0.203. The van der Waals surface area contributed by atoms with Crippen molar-refractivity contribution in [2.75, 3.05) is 13.1 Å². The van der Waals surface area contributed by atoms with Gasteiger partial charge in [0.2, 0.25) is 0 Å². The highest BCUT2D eigenvalue weighted by Gasteiger charge is 2.15. The molecule has 2 nitrogen and oxygen atoms in total. The van der Waals surface area contributed by atoms with Crippen LogP contribution in [0.1, 0.15) is 38.3 Å². The molecule has 0 aromatic heterocycles. The van der Waals surface area contributed by atoms with Crippen LogP contribution in [-0.2, 0) is 0 Å². The van der Waals surface area contributed by atoms with Gasteiger partial charge in [0.05, 0.1) is 0 Å². The van der Waals surface area contributed by atoms with Gasteiger partial charge in [0.1, 0.15) is 5.82 Å². The smallest absolute Gasteiger partial charge is 0.128 e. The number of hydrogen-bond donors (Lipinski definition) is 2. The highest BCUT2D eigenvalue weighted by molar-refractivity contribution is 9.10. The quantitative estimate of drug-likeness (QED) is 0.806. The van der Waals surface area contributed by atoms with Gasteiger partial charge in [0, 0.05) is 22.6 Å². The lowest BCUT2D eigenvalue weighted by molar-refractivity contribution is 0.407. The van der Waals surface area contributed by atoms with E-state index in [1.165, 1.54) is 6.07 Å². The van der Waals surface area contributed by atoms with Crippen LogP contribution in [0.2, 0.25) is 0 Å². The molecule has 0 saturated carbocycles. The predicted molar refractivity (Wildman–Crippen MR) is 78.0 cm³/mol. The SMILES string of the molecule is CCC(CC)CNC(CN)c1cc(Br)ccc1F. The van der Waals surface area contributed by atoms with Crippen LogP contribution >= 0.6 is 15.9 Å². The standard InChI is InChI=1S/C14H22BrFN2/c1-3-10(4-2)9-18-14(8-17)12-7-11(15)5-6-13(12)16/h5-7,10,14,18H,3-4,8-9,17H2,1-2H3. The molecule has 1 aromatic carbocycles. The second kappa shape index (κ2) is 7.87. The Morgan fingerprint density at radius 2 is 2.00 bits per heavy atom. The molecular formula is C14H22BrFN2. The monoisotopic (exact) mass is 316 g/mol. The Labute approximate surface area is 117 Å². The zero-order valence-electron chi connectivity index (χ0n) is 11.0. The number of rotatable bonds is 7. The van der Waals surface area contributed by atoms with E-state index in [9.17, 15) is 4.39 Å². The lowest BCUT2D eigenvalue weighted by atomic mass is 10.0. The van der Waals surface area contributed by atoms with Crippen molar-refractivity contribution in [2.24, 2.45) is 11.7 Å². The first-order chi connectivity index (χ1) is 8.62. The van der Waals surface area contributed by atoms with E-state index in [1.54, 1.807) is 12.1 Å². The van der Waals surface area contributed by atoms with Gasteiger partial charge in [0.25, 0.3) is 0 Å². The summed E-state index contributed by atoms with van der Waals surface area (Å²) in [7, 11) is 0. The van der Waals surface area contributed by atoms with Crippen molar-refractivity contribution in [1.29, 1.82) is 0 Å². The van der Waals surface area contributed by atoms with Crippen molar-refractivity contribution >= 4 is 15.9 Å². The van der Waals surface area contributed by atoms with E-state index in [1.807, 2.05) is 0 Å². The highest BCUT2D eigenvalue weighted by atomic mass is 79.9. The number of hydrogen-bond acceptors (Lipinski definition) is 2. The number of nitrogens with two attached hydrogens (primary N) is 1. The molecule has 1 rings (SSSR count). The lowest BCUT2D eigenvalue weighted by Crippen LogP contribution is -2.32. The molecular weight excluding hydrogens is 295 g/mol. The summed E-state index contributed by atoms with van der Waals surface area (Å²) in [4.78, 5) is 0. The molecule has 0 amide bonds. The van der Waals surface area contributed by atoms with Crippen molar-refractivity contribution in [2.45, 2.75) is 32.7 Å². The number of benzene rings is 1. The normalized spacial score (nSPS) is 13.0. The van der Waals surface area contributed by atoms with Crippen molar-refractivity contribution in [3.05, 3.63) is 34.1 Å². The highest BCUT2D eigenvalue weighted by Crippen LogP contribution is 2.21. The summed E-state index contributed by atoms with van der Waals surface area (Å²) < 4.78 is 14.7. The van der Waals surface area contributed by atoms with Crippen LogP contribution in [0.15, 0.2) is 22.7 Å². The van der Waals surface area contributed by atoms with Crippen LogP contribution in [0.5, 0.6) is 0 Å². The fraction of sp³-hybridized carbons (Fsp3) is 0.571. The van der Waals surface area contributed by atoms with Gasteiger partial charge in [0.15, 0.2) is 0 Å². The molecule has 1 unspecified atom stereocenters. The second-order valence-corrected chi connectivity index (χ2v) is 5.46. The summed E-state index contributed by atoms with van der Waals surface area (Å²) in [5.41, 5.74) is 6.39. The maximum absolute atomic E-state index is 13.8. The Kier molecular flexibility index (Phi) is 6.82. The Morgan fingerprint density at radius 3 is 2.56 bits per heavy atom. The van der Waals surface area contributed by atoms with Crippen LogP contribution in [0.4, 0.5) is 4.39 Å². The van der Waals surface area contributed by atoms with Gasteiger partial charge in [-0.25, -0.2) is 4.39 Å². The zero-order chi connectivity index (χ0) is 13.5. The molecule has 0 aliphatic heterocycles. The molecule has 102 valence electrons. The zero-order valence-corrected chi connectivity index (χ0v) is 12.6. The molecule has 1 aromatic rings. The summed E-state index contributed by atoms with van der Waals surface area (Å²) in [6.07, 6.45) is 2.25. The Hall–Kier alpha value is -0.450. The van der Waals surface area contributed by atoms with Crippen LogP contribution in [0, 0.1) is 11.7 Å². The largest absolute Gasteiger partial charge is 0.329 e. The van der Waals surface area contributed by atoms with Crippen molar-refractivity contribution in [1.82, 2.24) is 5.32 Å². The molecule has 0 aliphatic rings. The molecule has 0 aliphatic carbocycles. The van der Waals surface area contributed by atoms with Crippen LogP contribution in [0.3, 0.4) is 0 Å². The van der Waals surface area contributed by atoms with E-state index in [0.29, 0.717) is 18.0 Å². The average Bonchev–Trinajstić information content (AvgIpc) is 2.38. The maximum atomic E-state index is 13.8. The van der Waals surface area contributed by atoms with Crippen molar-refractivity contribution in [3.8, 4) is 0 Å². The van der Waals surface area contributed by atoms with E-state index in [4.69, 9.17) is 5.73 Å². The van der Waals surface area contributed by atoms with Gasteiger partial charge in [-0.1, -0.05) is 42.6 Å². The predicted octanol–water partition coefficient (Wildman–Crippen LogP) is 3.61. The molecule has 1 atom stereocenters. The number of nitrogens with one attached hydrogen (secondary N) is 1. The van der Waals surface area contributed by atoms with E-state index < -0.39 is 0 Å². The summed E-state index contributed by atoms with van der Waals surface area (Å²) >= 11 is 3.37. The fourth-order valence-corrected chi connectivity index (χ4v) is 2.37. The Balaban J connectivity index is 2.73. The van der Waals surface area contributed by atoms with Gasteiger partial charge in [-0.05, 0) is 30.7 Å². The summed E-state index contributed by atoms with van der Waals surface area (Å²) in [6, 6.07) is 4.85. The van der Waals surface area contributed by atoms with Gasteiger partial charge >= 0.3 is 0 Å². The third-order valence-electron chi connectivity index (χ3n) is 3.38. The van der Waals surface area contributed by atoms with E-state index in [2.05, 4.69) is 35.1 Å². The first kappa shape index (κ1) is 15.6. The van der Waals surface area contributed by atoms with Crippen molar-refractivity contribution < 1.29 is 4.39 Å². The third kappa shape index (κ3) is 4.34. The fourth-order valence-electron chi connectivity index (χ4n) is 1.99. The molecule has 18 heavy (non-hydrogen) atoms.